The van der Waals surface area contributed by atoms with Gasteiger partial charge < -0.3 is 0 Å². The van der Waals surface area contributed by atoms with Gasteiger partial charge in [-0.2, -0.15) is 0 Å². The highest BCUT2D eigenvalue weighted by atomic mass is 14.4. The molecule has 5 aromatic rings. The molecule has 1 aliphatic rings. The summed E-state index contributed by atoms with van der Waals surface area (Å²) < 4.78 is 0. The van der Waals surface area contributed by atoms with E-state index in [1.165, 1.54) is 72.3 Å². The first kappa shape index (κ1) is 22.6. The zero-order chi connectivity index (χ0) is 25.0. The van der Waals surface area contributed by atoms with Gasteiger partial charge in [0.05, 0.1) is 0 Å². The first-order valence-corrected chi connectivity index (χ1v) is 12.9. The van der Waals surface area contributed by atoms with Gasteiger partial charge >= 0.3 is 0 Å². The van der Waals surface area contributed by atoms with E-state index >= 15 is 0 Å². The van der Waals surface area contributed by atoms with Gasteiger partial charge in [-0.1, -0.05) is 104 Å². The largest absolute Gasteiger partial charge is 0.0620 e. The van der Waals surface area contributed by atoms with Crippen molar-refractivity contribution >= 4 is 0 Å². The Labute approximate surface area is 215 Å². The van der Waals surface area contributed by atoms with Crippen LogP contribution in [-0.4, -0.2) is 0 Å². The number of rotatable bonds is 3. The fourth-order valence-electron chi connectivity index (χ4n) is 5.88. The number of benzene rings is 5. The molecule has 0 spiro atoms. The van der Waals surface area contributed by atoms with E-state index in [2.05, 4.69) is 138 Å². The van der Waals surface area contributed by atoms with Crippen LogP contribution < -0.4 is 0 Å². The Balaban J connectivity index is 1.42. The molecule has 0 amide bonds. The maximum atomic E-state index is 2.41. The second-order valence-electron chi connectivity index (χ2n) is 10.9. The highest BCUT2D eigenvalue weighted by Crippen LogP contribution is 2.50. The van der Waals surface area contributed by atoms with Crippen molar-refractivity contribution in [2.75, 3.05) is 0 Å². The maximum absolute atomic E-state index is 2.41. The number of aryl methyl sites for hydroxylation is 3. The van der Waals surface area contributed by atoms with E-state index in [0.717, 1.165) is 0 Å². The molecule has 0 bridgehead atoms. The van der Waals surface area contributed by atoms with Gasteiger partial charge in [0.2, 0.25) is 0 Å². The number of fused-ring (bicyclic) bond motifs is 3. The van der Waals surface area contributed by atoms with Crippen molar-refractivity contribution in [2.24, 2.45) is 0 Å². The van der Waals surface area contributed by atoms with Gasteiger partial charge in [0.1, 0.15) is 0 Å². The van der Waals surface area contributed by atoms with Crippen molar-refractivity contribution in [3.05, 3.63) is 131 Å². The van der Waals surface area contributed by atoms with Gasteiger partial charge in [0.25, 0.3) is 0 Å². The van der Waals surface area contributed by atoms with Crippen LogP contribution in [0.15, 0.2) is 103 Å². The van der Waals surface area contributed by atoms with Crippen molar-refractivity contribution in [3.63, 3.8) is 0 Å². The summed E-state index contributed by atoms with van der Waals surface area (Å²) in [6, 6.07) is 38.4. The lowest BCUT2D eigenvalue weighted by atomic mass is 9.81. The summed E-state index contributed by atoms with van der Waals surface area (Å²) in [4.78, 5) is 0. The lowest BCUT2D eigenvalue weighted by Gasteiger charge is -2.22. The minimum Gasteiger partial charge on any atom is -0.0620 e. The molecule has 6 rings (SSSR count). The molecule has 176 valence electrons. The summed E-state index contributed by atoms with van der Waals surface area (Å²) in [5.41, 5.74) is 17.2. The van der Waals surface area contributed by atoms with Crippen LogP contribution in [0.4, 0.5) is 0 Å². The van der Waals surface area contributed by atoms with E-state index in [0.29, 0.717) is 0 Å². The van der Waals surface area contributed by atoms with Crippen molar-refractivity contribution in [3.8, 4) is 44.5 Å². The lowest BCUT2D eigenvalue weighted by molar-refractivity contribution is 0.660. The third kappa shape index (κ3) is 3.60. The molecule has 0 saturated carbocycles. The molecule has 0 heteroatoms. The average molecular weight is 465 g/mol. The van der Waals surface area contributed by atoms with Gasteiger partial charge in [0.15, 0.2) is 0 Å². The Hall–Kier alpha value is -3.90. The predicted molar refractivity (Wildman–Crippen MR) is 155 cm³/mol. The molecule has 1 aliphatic carbocycles. The topological polar surface area (TPSA) is 0 Å². The normalized spacial score (nSPS) is 13.4. The van der Waals surface area contributed by atoms with Gasteiger partial charge in [-0.3, -0.25) is 0 Å². The van der Waals surface area contributed by atoms with Crippen molar-refractivity contribution < 1.29 is 0 Å². The number of hydrogen-bond acceptors (Lipinski definition) is 0. The van der Waals surface area contributed by atoms with Crippen LogP contribution in [0.5, 0.6) is 0 Å². The Morgan fingerprint density at radius 1 is 0.417 bits per heavy atom. The molecule has 0 aromatic heterocycles. The van der Waals surface area contributed by atoms with Crippen LogP contribution in [0.2, 0.25) is 0 Å². The molecule has 36 heavy (non-hydrogen) atoms. The molecule has 0 fully saturated rings. The van der Waals surface area contributed by atoms with Crippen LogP contribution in [0, 0.1) is 20.8 Å². The third-order valence-corrected chi connectivity index (χ3v) is 8.03. The minimum atomic E-state index is 0.00368. The molecule has 5 aromatic carbocycles. The molecule has 0 saturated heterocycles. The van der Waals surface area contributed by atoms with Crippen molar-refractivity contribution in [1.82, 2.24) is 0 Å². The predicted octanol–water partition coefficient (Wildman–Crippen LogP) is 9.92. The molecule has 0 nitrogen and oxygen atoms in total. The molecule has 0 radical (unpaired) electrons. The van der Waals surface area contributed by atoms with Crippen LogP contribution in [0.25, 0.3) is 44.5 Å². The van der Waals surface area contributed by atoms with Crippen LogP contribution >= 0.6 is 0 Å². The third-order valence-electron chi connectivity index (χ3n) is 8.03. The van der Waals surface area contributed by atoms with Gasteiger partial charge in [-0.05, 0) is 106 Å². The Kier molecular flexibility index (Phi) is 5.23. The molecule has 0 aliphatic heterocycles. The first-order valence-electron chi connectivity index (χ1n) is 12.9. The zero-order valence-electron chi connectivity index (χ0n) is 21.8. The summed E-state index contributed by atoms with van der Waals surface area (Å²) in [6.45, 7) is 11.3. The van der Waals surface area contributed by atoms with Crippen LogP contribution in [-0.2, 0) is 5.41 Å². The van der Waals surface area contributed by atoms with E-state index < -0.39 is 0 Å². The van der Waals surface area contributed by atoms with E-state index in [9.17, 15) is 0 Å². The fourth-order valence-corrected chi connectivity index (χ4v) is 5.88. The molecule has 0 heterocycles. The van der Waals surface area contributed by atoms with Crippen LogP contribution in [0.1, 0.15) is 41.7 Å². The Morgan fingerprint density at radius 3 is 1.75 bits per heavy atom. The smallest absolute Gasteiger partial charge is 0.0159 e. The standard InChI is InChI=1S/C36H32/c1-23-13-17-31-32-18-16-29(22-35(32)36(4,5)34(31)19-23)27-11-8-10-26(20-27)28-15-14-25(3)33(21-28)30-12-7-6-9-24(30)2/h6-22H,1-5H3. The van der Waals surface area contributed by atoms with Gasteiger partial charge in [-0.15, -0.1) is 0 Å². The zero-order valence-corrected chi connectivity index (χ0v) is 21.8. The molecular formula is C36H32. The SMILES string of the molecule is Cc1ccc2c(c1)C(C)(C)c1cc(-c3cccc(-c4ccc(C)c(-c5ccccc5C)c4)c3)ccc1-2. The first-order chi connectivity index (χ1) is 17.3. The second kappa shape index (κ2) is 8.35. The number of hydrogen-bond donors (Lipinski definition) is 0. The molecule has 0 N–H and O–H groups in total. The molecular weight excluding hydrogens is 432 g/mol. The van der Waals surface area contributed by atoms with E-state index in [-0.39, 0.29) is 5.41 Å². The summed E-state index contributed by atoms with van der Waals surface area (Å²) in [5, 5.41) is 0. The summed E-state index contributed by atoms with van der Waals surface area (Å²) >= 11 is 0. The Bertz CT molecular complexity index is 1630. The second-order valence-corrected chi connectivity index (χ2v) is 10.9. The van der Waals surface area contributed by atoms with E-state index in [1.54, 1.807) is 0 Å². The van der Waals surface area contributed by atoms with E-state index in [4.69, 9.17) is 0 Å². The van der Waals surface area contributed by atoms with Crippen molar-refractivity contribution in [2.45, 2.75) is 40.0 Å². The summed E-state index contributed by atoms with van der Waals surface area (Å²) in [6.07, 6.45) is 0. The quantitative estimate of drug-likeness (QED) is 0.249. The van der Waals surface area contributed by atoms with E-state index in [1.807, 2.05) is 0 Å². The monoisotopic (exact) mass is 464 g/mol. The molecule has 0 unspecified atom stereocenters. The van der Waals surface area contributed by atoms with Crippen molar-refractivity contribution in [1.29, 1.82) is 0 Å². The summed E-state index contributed by atoms with van der Waals surface area (Å²) in [7, 11) is 0. The maximum Gasteiger partial charge on any atom is 0.0159 e. The average Bonchev–Trinajstić information content (AvgIpc) is 3.10. The highest BCUT2D eigenvalue weighted by Gasteiger charge is 2.35. The molecule has 0 atom stereocenters. The van der Waals surface area contributed by atoms with Gasteiger partial charge in [-0.25, -0.2) is 0 Å². The minimum absolute atomic E-state index is 0.00368. The van der Waals surface area contributed by atoms with Gasteiger partial charge in [0, 0.05) is 5.41 Å². The highest BCUT2D eigenvalue weighted by molar-refractivity contribution is 5.85. The Morgan fingerprint density at radius 2 is 1.00 bits per heavy atom. The van der Waals surface area contributed by atoms with Crippen LogP contribution in [0.3, 0.4) is 0 Å². The fraction of sp³-hybridized carbons (Fsp3) is 0.167. The summed E-state index contributed by atoms with van der Waals surface area (Å²) in [5.74, 6) is 0. The lowest BCUT2D eigenvalue weighted by Crippen LogP contribution is -2.15.